The molecule has 0 saturated heterocycles. The molecule has 5 nitrogen and oxygen atoms in total. The van der Waals surface area contributed by atoms with Crippen LogP contribution in [0.25, 0.3) is 0 Å². The zero-order valence-electron chi connectivity index (χ0n) is 11.4. The number of benzene rings is 1. The van der Waals surface area contributed by atoms with Gasteiger partial charge in [0.25, 0.3) is 10.0 Å². The molecular weight excluding hydrogens is 312 g/mol. The Bertz CT molecular complexity index is 702. The summed E-state index contributed by atoms with van der Waals surface area (Å²) in [7, 11) is -3.76. The molecule has 0 bridgehead atoms. The van der Waals surface area contributed by atoms with Crippen molar-refractivity contribution in [1.29, 1.82) is 0 Å². The number of nitrogens with zero attached hydrogens (tertiary/aromatic N) is 1. The Morgan fingerprint density at radius 1 is 1.24 bits per heavy atom. The number of hydrogen-bond acceptors (Lipinski definition) is 4. The highest BCUT2D eigenvalue weighted by atomic mass is 35.5. The Kier molecular flexibility index (Phi) is 5.03. The molecule has 0 unspecified atom stereocenters. The van der Waals surface area contributed by atoms with Crippen molar-refractivity contribution in [2.75, 3.05) is 11.3 Å². The molecule has 1 aromatic carbocycles. The second-order valence-corrected chi connectivity index (χ2v) is 6.34. The lowest BCUT2D eigenvalue weighted by Crippen LogP contribution is -2.13. The second kappa shape index (κ2) is 6.78. The highest BCUT2D eigenvalue weighted by Crippen LogP contribution is 2.23. The molecule has 0 saturated carbocycles. The number of ether oxygens (including phenoxy) is 1. The molecule has 0 spiro atoms. The topological polar surface area (TPSA) is 68.3 Å². The molecule has 1 heterocycles. The van der Waals surface area contributed by atoms with Gasteiger partial charge in [0, 0.05) is 18.1 Å². The van der Waals surface area contributed by atoms with Crippen LogP contribution >= 0.6 is 11.6 Å². The number of hydrogen-bond donors (Lipinski definition) is 1. The first-order valence-corrected chi connectivity index (χ1v) is 8.24. The Hall–Kier alpha value is -1.79. The smallest absolute Gasteiger partial charge is 0.264 e. The van der Waals surface area contributed by atoms with Crippen LogP contribution in [0.4, 0.5) is 5.69 Å². The first-order valence-electron chi connectivity index (χ1n) is 6.38. The van der Waals surface area contributed by atoms with Crippen molar-refractivity contribution in [3.05, 3.63) is 47.7 Å². The maximum atomic E-state index is 12.2. The minimum Gasteiger partial charge on any atom is -0.494 e. The molecule has 21 heavy (non-hydrogen) atoms. The van der Waals surface area contributed by atoms with Gasteiger partial charge in [-0.3, -0.25) is 9.71 Å². The molecule has 0 amide bonds. The van der Waals surface area contributed by atoms with Crippen molar-refractivity contribution >= 4 is 27.3 Å². The van der Waals surface area contributed by atoms with Gasteiger partial charge in [0.15, 0.2) is 0 Å². The van der Waals surface area contributed by atoms with Gasteiger partial charge >= 0.3 is 0 Å². The summed E-state index contributed by atoms with van der Waals surface area (Å²) in [6.07, 6.45) is 3.55. The molecule has 7 heteroatoms. The van der Waals surface area contributed by atoms with Crippen LogP contribution in [0, 0.1) is 0 Å². The van der Waals surface area contributed by atoms with E-state index in [1.54, 1.807) is 24.3 Å². The lowest BCUT2D eigenvalue weighted by atomic mass is 10.3. The maximum Gasteiger partial charge on any atom is 0.264 e. The third-order valence-corrected chi connectivity index (χ3v) is 4.45. The van der Waals surface area contributed by atoms with Gasteiger partial charge in [-0.1, -0.05) is 18.5 Å². The summed E-state index contributed by atoms with van der Waals surface area (Å²) < 4.78 is 32.3. The number of pyridine rings is 1. The third kappa shape index (κ3) is 4.09. The van der Waals surface area contributed by atoms with E-state index >= 15 is 0 Å². The van der Waals surface area contributed by atoms with E-state index in [2.05, 4.69) is 9.71 Å². The highest BCUT2D eigenvalue weighted by molar-refractivity contribution is 7.92. The Labute approximate surface area is 129 Å². The van der Waals surface area contributed by atoms with Crippen LogP contribution in [0.5, 0.6) is 5.75 Å². The zero-order valence-corrected chi connectivity index (χ0v) is 13.0. The number of nitrogens with one attached hydrogen (secondary N) is 1. The van der Waals surface area contributed by atoms with E-state index in [4.69, 9.17) is 16.3 Å². The summed E-state index contributed by atoms with van der Waals surface area (Å²) in [6.45, 7) is 2.64. The number of anilines is 1. The number of sulfonamides is 1. The first kappa shape index (κ1) is 15.6. The van der Waals surface area contributed by atoms with Crippen molar-refractivity contribution in [2.45, 2.75) is 18.2 Å². The molecule has 1 N–H and O–H groups in total. The standard InChI is InChI=1S/C14H15ClN2O3S/c1-2-9-20-12-5-3-11(4-6-12)17-21(18,19)14-10-16-8-7-13(14)15/h3-8,10,17H,2,9H2,1H3. The number of rotatable bonds is 6. The van der Waals surface area contributed by atoms with Gasteiger partial charge in [-0.25, -0.2) is 8.42 Å². The van der Waals surface area contributed by atoms with E-state index < -0.39 is 10.0 Å². The predicted octanol–water partition coefficient (Wildman–Crippen LogP) is 3.32. The van der Waals surface area contributed by atoms with Crippen LogP contribution in [0.2, 0.25) is 5.02 Å². The van der Waals surface area contributed by atoms with Crippen molar-refractivity contribution in [2.24, 2.45) is 0 Å². The second-order valence-electron chi connectivity index (χ2n) is 4.28. The lowest BCUT2D eigenvalue weighted by Gasteiger charge is -2.10. The quantitative estimate of drug-likeness (QED) is 0.884. The van der Waals surface area contributed by atoms with Gasteiger partial charge in [-0.2, -0.15) is 0 Å². The lowest BCUT2D eigenvalue weighted by molar-refractivity contribution is 0.317. The van der Waals surface area contributed by atoms with Gasteiger partial charge in [0.1, 0.15) is 10.6 Å². The molecule has 0 aliphatic carbocycles. The molecule has 0 fully saturated rings. The Morgan fingerprint density at radius 2 is 1.95 bits per heavy atom. The summed E-state index contributed by atoms with van der Waals surface area (Å²) in [4.78, 5) is 3.72. The molecule has 0 radical (unpaired) electrons. The fourth-order valence-corrected chi connectivity index (χ4v) is 3.10. The van der Waals surface area contributed by atoms with Crippen LogP contribution in [-0.2, 0) is 10.0 Å². The summed E-state index contributed by atoms with van der Waals surface area (Å²) in [5.74, 6) is 0.694. The van der Waals surface area contributed by atoms with Crippen LogP contribution in [0.15, 0.2) is 47.6 Å². The van der Waals surface area contributed by atoms with E-state index in [-0.39, 0.29) is 9.92 Å². The summed E-state index contributed by atoms with van der Waals surface area (Å²) in [6, 6.07) is 8.11. The largest absolute Gasteiger partial charge is 0.494 e. The van der Waals surface area contributed by atoms with Crippen molar-refractivity contribution < 1.29 is 13.2 Å². The Balaban J connectivity index is 2.16. The summed E-state index contributed by atoms with van der Waals surface area (Å²) in [5.41, 5.74) is 0.429. The molecule has 0 aliphatic heterocycles. The van der Waals surface area contributed by atoms with Crippen LogP contribution in [0.1, 0.15) is 13.3 Å². The van der Waals surface area contributed by atoms with Gasteiger partial charge in [-0.05, 0) is 36.8 Å². The van der Waals surface area contributed by atoms with Gasteiger partial charge in [-0.15, -0.1) is 0 Å². The fourth-order valence-electron chi connectivity index (χ4n) is 1.61. The van der Waals surface area contributed by atoms with Gasteiger partial charge in [0.05, 0.1) is 11.6 Å². The van der Waals surface area contributed by atoms with Crippen molar-refractivity contribution in [3.8, 4) is 5.75 Å². The van der Waals surface area contributed by atoms with E-state index in [1.165, 1.54) is 18.5 Å². The molecule has 112 valence electrons. The third-order valence-electron chi connectivity index (χ3n) is 2.60. The van der Waals surface area contributed by atoms with E-state index in [1.807, 2.05) is 6.92 Å². The highest BCUT2D eigenvalue weighted by Gasteiger charge is 2.18. The molecule has 2 rings (SSSR count). The average molecular weight is 327 g/mol. The first-order chi connectivity index (χ1) is 10.0. The predicted molar refractivity (Wildman–Crippen MR) is 82.3 cm³/mol. The summed E-state index contributed by atoms with van der Waals surface area (Å²) >= 11 is 5.88. The minimum absolute atomic E-state index is 0.0574. The normalized spacial score (nSPS) is 11.1. The fraction of sp³-hybridized carbons (Fsp3) is 0.214. The van der Waals surface area contributed by atoms with E-state index in [0.29, 0.717) is 18.0 Å². The number of aromatic nitrogens is 1. The Morgan fingerprint density at radius 3 is 2.57 bits per heavy atom. The molecule has 0 atom stereocenters. The van der Waals surface area contributed by atoms with Crippen molar-refractivity contribution in [1.82, 2.24) is 4.98 Å². The monoisotopic (exact) mass is 326 g/mol. The molecular formula is C14H15ClN2O3S. The van der Waals surface area contributed by atoms with E-state index in [9.17, 15) is 8.42 Å². The molecule has 1 aromatic heterocycles. The van der Waals surface area contributed by atoms with Crippen LogP contribution in [-0.4, -0.2) is 20.0 Å². The summed E-state index contributed by atoms with van der Waals surface area (Å²) in [5, 5.41) is 0.125. The van der Waals surface area contributed by atoms with Crippen LogP contribution < -0.4 is 9.46 Å². The van der Waals surface area contributed by atoms with E-state index in [0.717, 1.165) is 6.42 Å². The molecule has 2 aromatic rings. The van der Waals surface area contributed by atoms with Crippen molar-refractivity contribution in [3.63, 3.8) is 0 Å². The maximum absolute atomic E-state index is 12.2. The zero-order chi connectivity index (χ0) is 15.3. The van der Waals surface area contributed by atoms with Gasteiger partial charge < -0.3 is 4.74 Å². The molecule has 0 aliphatic rings. The SMILES string of the molecule is CCCOc1ccc(NS(=O)(=O)c2cnccc2Cl)cc1. The minimum atomic E-state index is -3.76. The average Bonchev–Trinajstić information content (AvgIpc) is 2.46. The van der Waals surface area contributed by atoms with Gasteiger partial charge in [0.2, 0.25) is 0 Å². The van der Waals surface area contributed by atoms with Crippen LogP contribution in [0.3, 0.4) is 0 Å². The number of halogens is 1.